The molecular formula is C18H18F3NO3. The fourth-order valence-electron chi connectivity index (χ4n) is 4.71. The van der Waals surface area contributed by atoms with Gasteiger partial charge in [0, 0.05) is 24.4 Å². The van der Waals surface area contributed by atoms with Crippen molar-refractivity contribution in [2.24, 2.45) is 17.8 Å². The number of hydrogen-bond donors (Lipinski definition) is 1. The lowest BCUT2D eigenvalue weighted by molar-refractivity contribution is -0.188. The lowest BCUT2D eigenvalue weighted by Gasteiger charge is -2.19. The molecule has 1 amide bonds. The molecule has 1 N–H and O–H groups in total. The molecule has 0 radical (unpaired) electrons. The number of carbonyl (C=O) groups is 2. The average Bonchev–Trinajstić information content (AvgIpc) is 2.91. The molecule has 2 fully saturated rings. The van der Waals surface area contributed by atoms with Gasteiger partial charge in [0.1, 0.15) is 0 Å². The Kier molecular flexibility index (Phi) is 3.43. The van der Waals surface area contributed by atoms with E-state index in [1.54, 1.807) is 0 Å². The van der Waals surface area contributed by atoms with Crippen molar-refractivity contribution in [3.8, 4) is 0 Å². The van der Waals surface area contributed by atoms with Crippen molar-refractivity contribution >= 4 is 11.9 Å². The molecule has 1 aliphatic heterocycles. The summed E-state index contributed by atoms with van der Waals surface area (Å²) in [6.45, 7) is -0.903. The van der Waals surface area contributed by atoms with Crippen molar-refractivity contribution in [2.45, 2.75) is 30.9 Å². The van der Waals surface area contributed by atoms with Crippen LogP contribution in [-0.2, 0) is 21.4 Å². The number of alkyl halides is 3. The standard InChI is InChI=1S/C18H18F3NO3/c19-18(20,21)14-9-22(8-11(14)16(24)25)15(23)13-7-17(13)6-5-10-3-1-2-4-12(10)17/h1-4,11,13-14H,5-9H2,(H,24,25)/t11-,13?,14-,17?/m1/s1. The molecule has 3 aliphatic rings. The summed E-state index contributed by atoms with van der Waals surface area (Å²) in [5, 5.41) is 9.10. The number of carboxylic acids is 1. The molecule has 1 saturated heterocycles. The minimum absolute atomic E-state index is 0.247. The first-order valence-corrected chi connectivity index (χ1v) is 8.41. The van der Waals surface area contributed by atoms with Crippen LogP contribution < -0.4 is 0 Å². The smallest absolute Gasteiger partial charge is 0.394 e. The normalized spacial score (nSPS) is 33.6. The number of rotatable bonds is 2. The molecular weight excluding hydrogens is 335 g/mol. The molecule has 1 aromatic rings. The molecule has 4 atom stereocenters. The predicted octanol–water partition coefficient (Wildman–Crippen LogP) is 2.61. The Labute approximate surface area is 142 Å². The summed E-state index contributed by atoms with van der Waals surface area (Å²) in [6.07, 6.45) is -2.25. The second-order valence-electron chi connectivity index (χ2n) is 7.41. The van der Waals surface area contributed by atoms with Gasteiger partial charge in [-0.15, -0.1) is 0 Å². The first-order valence-electron chi connectivity index (χ1n) is 8.41. The summed E-state index contributed by atoms with van der Waals surface area (Å²) in [5.74, 6) is -5.70. The topological polar surface area (TPSA) is 57.6 Å². The molecule has 4 rings (SSSR count). The maximum absolute atomic E-state index is 13.1. The van der Waals surface area contributed by atoms with Crippen LogP contribution in [-0.4, -0.2) is 41.1 Å². The molecule has 1 spiro atoms. The molecule has 1 saturated carbocycles. The zero-order chi connectivity index (χ0) is 18.0. The van der Waals surface area contributed by atoms with E-state index in [1.807, 2.05) is 24.3 Å². The van der Waals surface area contributed by atoms with Gasteiger partial charge in [-0.25, -0.2) is 0 Å². The minimum atomic E-state index is -4.61. The highest BCUT2D eigenvalue weighted by Crippen LogP contribution is 2.62. The number of likely N-dealkylation sites (tertiary alicyclic amines) is 1. The number of nitrogens with zero attached hydrogens (tertiary/aromatic N) is 1. The van der Waals surface area contributed by atoms with E-state index in [-0.39, 0.29) is 23.8 Å². The summed E-state index contributed by atoms with van der Waals surface area (Å²) < 4.78 is 39.3. The van der Waals surface area contributed by atoms with Gasteiger partial charge >= 0.3 is 12.1 Å². The number of aliphatic carboxylic acids is 1. The Bertz CT molecular complexity index is 747. The van der Waals surface area contributed by atoms with Crippen molar-refractivity contribution in [1.82, 2.24) is 4.90 Å². The Morgan fingerprint density at radius 3 is 2.56 bits per heavy atom. The number of fused-ring (bicyclic) bond motifs is 2. The second-order valence-corrected chi connectivity index (χ2v) is 7.41. The predicted molar refractivity (Wildman–Crippen MR) is 81.8 cm³/mol. The third-order valence-corrected chi connectivity index (χ3v) is 6.14. The van der Waals surface area contributed by atoms with Crippen LogP contribution in [0.4, 0.5) is 13.2 Å². The van der Waals surface area contributed by atoms with E-state index in [9.17, 15) is 22.8 Å². The Balaban J connectivity index is 1.53. The summed E-state index contributed by atoms with van der Waals surface area (Å²) in [5.41, 5.74) is 2.09. The first-order chi connectivity index (χ1) is 11.7. The minimum Gasteiger partial charge on any atom is -0.481 e. The maximum Gasteiger partial charge on any atom is 0.394 e. The number of aryl methyl sites for hydroxylation is 1. The molecule has 4 nitrogen and oxygen atoms in total. The summed E-state index contributed by atoms with van der Waals surface area (Å²) in [4.78, 5) is 25.1. The Hall–Kier alpha value is -2.05. The van der Waals surface area contributed by atoms with Crippen molar-refractivity contribution in [3.63, 3.8) is 0 Å². The SMILES string of the molecule is O=C(O)[C@@H]1CN(C(=O)C2CC23CCc2ccccc23)C[C@H]1C(F)(F)F. The Morgan fingerprint density at radius 2 is 1.92 bits per heavy atom. The monoisotopic (exact) mass is 353 g/mol. The van der Waals surface area contributed by atoms with Crippen molar-refractivity contribution in [2.75, 3.05) is 13.1 Å². The van der Waals surface area contributed by atoms with Gasteiger partial charge in [0.05, 0.1) is 11.8 Å². The van der Waals surface area contributed by atoms with Crippen LogP contribution in [0.2, 0.25) is 0 Å². The van der Waals surface area contributed by atoms with E-state index in [0.29, 0.717) is 6.42 Å². The summed E-state index contributed by atoms with van der Waals surface area (Å²) >= 11 is 0. The van der Waals surface area contributed by atoms with Crippen LogP contribution in [0.15, 0.2) is 24.3 Å². The van der Waals surface area contributed by atoms with Gasteiger partial charge in [0.2, 0.25) is 5.91 Å². The second kappa shape index (κ2) is 5.22. The summed E-state index contributed by atoms with van der Waals surface area (Å²) in [7, 11) is 0. The van der Waals surface area contributed by atoms with Crippen LogP contribution in [0.3, 0.4) is 0 Å². The maximum atomic E-state index is 13.1. The third kappa shape index (κ3) is 2.43. The van der Waals surface area contributed by atoms with E-state index in [0.717, 1.165) is 23.3 Å². The molecule has 2 aliphatic carbocycles. The number of benzene rings is 1. The van der Waals surface area contributed by atoms with E-state index >= 15 is 0 Å². The van der Waals surface area contributed by atoms with Gasteiger partial charge < -0.3 is 10.0 Å². The van der Waals surface area contributed by atoms with Gasteiger partial charge in [0.25, 0.3) is 0 Å². The number of amides is 1. The van der Waals surface area contributed by atoms with Crippen molar-refractivity contribution in [1.29, 1.82) is 0 Å². The number of halogens is 3. The van der Waals surface area contributed by atoms with Crippen LogP contribution in [0, 0.1) is 17.8 Å². The van der Waals surface area contributed by atoms with Crippen LogP contribution in [0.5, 0.6) is 0 Å². The molecule has 0 aromatic heterocycles. The van der Waals surface area contributed by atoms with E-state index in [2.05, 4.69) is 0 Å². The quantitative estimate of drug-likeness (QED) is 0.889. The highest BCUT2D eigenvalue weighted by Gasteiger charge is 2.63. The molecule has 0 bridgehead atoms. The molecule has 7 heteroatoms. The van der Waals surface area contributed by atoms with Crippen molar-refractivity contribution < 1.29 is 27.9 Å². The molecule has 2 unspecified atom stereocenters. The average molecular weight is 353 g/mol. The fourth-order valence-corrected chi connectivity index (χ4v) is 4.71. The molecule has 1 aromatic carbocycles. The van der Waals surface area contributed by atoms with Crippen LogP contribution in [0.25, 0.3) is 0 Å². The molecule has 25 heavy (non-hydrogen) atoms. The third-order valence-electron chi connectivity index (χ3n) is 6.14. The largest absolute Gasteiger partial charge is 0.481 e. The van der Waals surface area contributed by atoms with E-state index in [1.165, 1.54) is 5.56 Å². The number of carboxylic acid groups (broad SMARTS) is 1. The van der Waals surface area contributed by atoms with Crippen LogP contribution >= 0.6 is 0 Å². The molecule has 134 valence electrons. The van der Waals surface area contributed by atoms with Crippen LogP contribution in [0.1, 0.15) is 24.0 Å². The highest BCUT2D eigenvalue weighted by molar-refractivity contribution is 5.86. The number of hydrogen-bond acceptors (Lipinski definition) is 2. The first kappa shape index (κ1) is 16.4. The fraction of sp³-hybridized carbons (Fsp3) is 0.556. The van der Waals surface area contributed by atoms with Gasteiger partial charge in [-0.3, -0.25) is 9.59 Å². The zero-order valence-electron chi connectivity index (χ0n) is 13.4. The Morgan fingerprint density at radius 1 is 1.20 bits per heavy atom. The van der Waals surface area contributed by atoms with Gasteiger partial charge in [-0.2, -0.15) is 13.2 Å². The van der Waals surface area contributed by atoms with Gasteiger partial charge in [-0.1, -0.05) is 24.3 Å². The van der Waals surface area contributed by atoms with Gasteiger partial charge in [-0.05, 0) is 30.4 Å². The lowest BCUT2D eigenvalue weighted by atomic mass is 9.95. The lowest BCUT2D eigenvalue weighted by Crippen LogP contribution is -2.34. The van der Waals surface area contributed by atoms with E-state index in [4.69, 9.17) is 5.11 Å². The van der Waals surface area contributed by atoms with Crippen molar-refractivity contribution in [3.05, 3.63) is 35.4 Å². The summed E-state index contributed by atoms with van der Waals surface area (Å²) in [6, 6.07) is 7.89. The number of carbonyl (C=O) groups excluding carboxylic acids is 1. The van der Waals surface area contributed by atoms with Gasteiger partial charge in [0.15, 0.2) is 0 Å². The molecule has 1 heterocycles. The highest BCUT2D eigenvalue weighted by atomic mass is 19.4. The zero-order valence-corrected chi connectivity index (χ0v) is 13.4. The van der Waals surface area contributed by atoms with E-state index < -0.39 is 30.5 Å².